The molecule has 3 aromatic carbocycles. The van der Waals surface area contributed by atoms with Gasteiger partial charge in [0, 0.05) is 50.8 Å². The summed E-state index contributed by atoms with van der Waals surface area (Å²) in [6, 6.07) is 20.9. The van der Waals surface area contributed by atoms with Gasteiger partial charge in [-0.05, 0) is 60.0 Å². The summed E-state index contributed by atoms with van der Waals surface area (Å²) in [6.07, 6.45) is -8.24. The molecule has 48 heavy (non-hydrogen) atoms. The molecule has 0 N–H and O–H groups in total. The molecule has 0 spiro atoms. The highest BCUT2D eigenvalue weighted by Crippen LogP contribution is 2.36. The molecule has 13 heteroatoms. The summed E-state index contributed by atoms with van der Waals surface area (Å²) >= 11 is 0. The number of carbonyl (C=O) groups excluding carboxylic acids is 2. The van der Waals surface area contributed by atoms with Gasteiger partial charge >= 0.3 is 12.4 Å². The highest BCUT2D eigenvalue weighted by Gasteiger charge is 2.38. The highest BCUT2D eigenvalue weighted by molar-refractivity contribution is 5.97. The number of rotatable bonds is 14. The molecule has 7 nitrogen and oxygen atoms in total. The van der Waals surface area contributed by atoms with Gasteiger partial charge < -0.3 is 23.8 Å². The Morgan fingerprint density at radius 1 is 0.750 bits per heavy atom. The maximum atomic E-state index is 14.0. The molecule has 0 aliphatic rings. The van der Waals surface area contributed by atoms with Crippen molar-refractivity contribution < 1.29 is 45.4 Å². The van der Waals surface area contributed by atoms with E-state index in [0.29, 0.717) is 24.4 Å². The predicted octanol–water partition coefficient (Wildman–Crippen LogP) is 7.29. The lowest BCUT2D eigenvalue weighted by Crippen LogP contribution is -2.43. The normalized spacial score (nSPS) is 11.8. The van der Waals surface area contributed by atoms with Crippen molar-refractivity contribution in [2.45, 2.75) is 38.4 Å². The molecule has 0 aliphatic heterocycles. The van der Waals surface area contributed by atoms with Crippen molar-refractivity contribution in [1.29, 1.82) is 0 Å². The summed E-state index contributed by atoms with van der Waals surface area (Å²) in [5.41, 5.74) is -1.59. The number of hydrogen-bond donors (Lipinski definition) is 0. The van der Waals surface area contributed by atoms with Gasteiger partial charge in [-0.1, -0.05) is 42.5 Å². The van der Waals surface area contributed by atoms with E-state index in [-0.39, 0.29) is 38.7 Å². The second-order valence-electron chi connectivity index (χ2n) is 11.1. The molecular formula is C35H35F6N3O4. The van der Waals surface area contributed by atoms with E-state index in [1.165, 1.54) is 12.0 Å². The number of methoxy groups -OCH3 is 2. The highest BCUT2D eigenvalue weighted by atomic mass is 19.4. The molecular weight excluding hydrogens is 640 g/mol. The van der Waals surface area contributed by atoms with Crippen molar-refractivity contribution in [3.63, 3.8) is 0 Å². The molecule has 0 bridgehead atoms. The average Bonchev–Trinajstić information content (AvgIpc) is 3.49. The van der Waals surface area contributed by atoms with Crippen LogP contribution in [0.15, 0.2) is 91.1 Å². The first-order valence-corrected chi connectivity index (χ1v) is 14.9. The molecule has 4 aromatic rings. The Morgan fingerprint density at radius 2 is 1.42 bits per heavy atom. The molecule has 4 rings (SSSR count). The van der Waals surface area contributed by atoms with E-state index in [1.807, 2.05) is 65.4 Å². The van der Waals surface area contributed by atoms with Crippen LogP contribution in [-0.2, 0) is 41.5 Å². The van der Waals surface area contributed by atoms with Crippen LogP contribution >= 0.6 is 0 Å². The second-order valence-corrected chi connectivity index (χ2v) is 11.1. The van der Waals surface area contributed by atoms with Crippen LogP contribution in [0.25, 0.3) is 0 Å². The fourth-order valence-electron chi connectivity index (χ4n) is 5.12. The molecule has 0 saturated heterocycles. The lowest BCUT2D eigenvalue weighted by molar-refractivity contribution is -0.143. The standard InChI is InChI=1S/C35H35F6N3O4/c1-47-16-8-15-43(33(46)27-18-28(34(36,37)38)20-29(19-27)35(39,40)41)24-32(45)44(21-25-9-4-3-5-10-25)23-30-12-7-14-42(30)22-26-11-6-13-31(17-26)48-2/h3-7,9-14,17-20H,8,15-16,21-24H2,1-2H3. The number of ether oxygens (including phenoxy) is 2. The average molecular weight is 676 g/mol. The first kappa shape index (κ1) is 36.1. The van der Waals surface area contributed by atoms with Gasteiger partial charge in [-0.15, -0.1) is 0 Å². The maximum absolute atomic E-state index is 14.0. The van der Waals surface area contributed by atoms with E-state index in [0.717, 1.165) is 21.7 Å². The van der Waals surface area contributed by atoms with Crippen LogP contribution in [0.1, 0.15) is 44.7 Å². The molecule has 0 unspecified atom stereocenters. The molecule has 2 amide bonds. The third-order valence-corrected chi connectivity index (χ3v) is 7.56. The Morgan fingerprint density at radius 3 is 2.04 bits per heavy atom. The summed E-state index contributed by atoms with van der Waals surface area (Å²) in [4.78, 5) is 30.0. The first-order valence-electron chi connectivity index (χ1n) is 14.9. The molecule has 0 fully saturated rings. The van der Waals surface area contributed by atoms with Crippen LogP contribution in [0.4, 0.5) is 26.3 Å². The third kappa shape index (κ3) is 9.86. The number of hydrogen-bond acceptors (Lipinski definition) is 4. The van der Waals surface area contributed by atoms with Gasteiger partial charge in [0.05, 0.1) is 24.8 Å². The molecule has 0 aliphatic carbocycles. The summed E-state index contributed by atoms with van der Waals surface area (Å²) < 4.78 is 93.8. The quantitative estimate of drug-likeness (QED) is 0.104. The summed E-state index contributed by atoms with van der Waals surface area (Å²) in [5.74, 6) is -1.01. The Hall–Kier alpha value is -4.78. The van der Waals surface area contributed by atoms with Crippen LogP contribution < -0.4 is 4.74 Å². The Kier molecular flexibility index (Phi) is 11.9. The number of nitrogens with zero attached hydrogens (tertiary/aromatic N) is 3. The van der Waals surface area contributed by atoms with E-state index in [1.54, 1.807) is 19.2 Å². The lowest BCUT2D eigenvalue weighted by Gasteiger charge is -2.29. The number of benzene rings is 3. The smallest absolute Gasteiger partial charge is 0.416 e. The maximum Gasteiger partial charge on any atom is 0.416 e. The van der Waals surface area contributed by atoms with E-state index in [9.17, 15) is 35.9 Å². The van der Waals surface area contributed by atoms with Gasteiger partial charge in [0.15, 0.2) is 0 Å². The van der Waals surface area contributed by atoms with Crippen LogP contribution in [0.5, 0.6) is 5.75 Å². The SMILES string of the molecule is COCCCN(CC(=O)N(Cc1ccccc1)Cc1cccn1Cc1cccc(OC)c1)C(=O)c1cc(C(F)(F)F)cc(C(F)(F)F)c1. The van der Waals surface area contributed by atoms with Crippen molar-refractivity contribution in [3.8, 4) is 5.75 Å². The van der Waals surface area contributed by atoms with Crippen molar-refractivity contribution in [3.05, 3.63) is 125 Å². The molecule has 0 saturated carbocycles. The van der Waals surface area contributed by atoms with Crippen LogP contribution in [0.3, 0.4) is 0 Å². The predicted molar refractivity (Wildman–Crippen MR) is 166 cm³/mol. The largest absolute Gasteiger partial charge is 0.497 e. The van der Waals surface area contributed by atoms with Crippen LogP contribution in [0, 0.1) is 0 Å². The van der Waals surface area contributed by atoms with Crippen molar-refractivity contribution in [1.82, 2.24) is 14.4 Å². The number of aromatic nitrogens is 1. The van der Waals surface area contributed by atoms with Gasteiger partial charge in [0.25, 0.3) is 5.91 Å². The minimum Gasteiger partial charge on any atom is -0.497 e. The van der Waals surface area contributed by atoms with Crippen molar-refractivity contribution >= 4 is 11.8 Å². The third-order valence-electron chi connectivity index (χ3n) is 7.56. The Bertz CT molecular complexity index is 1640. The molecule has 0 radical (unpaired) electrons. The lowest BCUT2D eigenvalue weighted by atomic mass is 10.0. The van der Waals surface area contributed by atoms with Crippen LogP contribution in [-0.4, -0.2) is 60.1 Å². The molecule has 1 heterocycles. The molecule has 1 aromatic heterocycles. The Balaban J connectivity index is 1.65. The first-order chi connectivity index (χ1) is 22.8. The number of halogens is 6. The van der Waals surface area contributed by atoms with Crippen molar-refractivity contribution in [2.24, 2.45) is 0 Å². The van der Waals surface area contributed by atoms with Gasteiger partial charge in [0.1, 0.15) is 12.3 Å². The monoisotopic (exact) mass is 675 g/mol. The summed E-state index contributed by atoms with van der Waals surface area (Å²) in [6.45, 7) is 0.0922. The number of alkyl halides is 6. The topological polar surface area (TPSA) is 64.0 Å². The summed E-state index contributed by atoms with van der Waals surface area (Å²) in [7, 11) is 2.97. The van der Waals surface area contributed by atoms with Gasteiger partial charge in [-0.3, -0.25) is 9.59 Å². The van der Waals surface area contributed by atoms with Crippen LogP contribution in [0.2, 0.25) is 0 Å². The minimum atomic E-state index is -5.14. The fraction of sp³-hybridized carbons (Fsp3) is 0.314. The zero-order valence-corrected chi connectivity index (χ0v) is 26.4. The second kappa shape index (κ2) is 15.9. The van der Waals surface area contributed by atoms with Gasteiger partial charge in [-0.25, -0.2) is 0 Å². The Labute approximate surface area is 274 Å². The van der Waals surface area contributed by atoms with E-state index in [4.69, 9.17) is 9.47 Å². The number of amides is 2. The number of carbonyl (C=O) groups is 2. The molecule has 256 valence electrons. The fourth-order valence-corrected chi connectivity index (χ4v) is 5.12. The van der Waals surface area contributed by atoms with Gasteiger partial charge in [-0.2, -0.15) is 26.3 Å². The van der Waals surface area contributed by atoms with E-state index >= 15 is 0 Å². The summed E-state index contributed by atoms with van der Waals surface area (Å²) in [5, 5.41) is 0. The molecule has 0 atom stereocenters. The zero-order chi connectivity index (χ0) is 34.9. The van der Waals surface area contributed by atoms with E-state index < -0.39 is 47.4 Å². The zero-order valence-electron chi connectivity index (χ0n) is 26.4. The van der Waals surface area contributed by atoms with Gasteiger partial charge in [0.2, 0.25) is 5.91 Å². The minimum absolute atomic E-state index is 0.0422. The van der Waals surface area contributed by atoms with Crippen molar-refractivity contribution in [2.75, 3.05) is 33.9 Å². The van der Waals surface area contributed by atoms with E-state index in [2.05, 4.69) is 0 Å².